The van der Waals surface area contributed by atoms with Gasteiger partial charge in [-0.1, -0.05) is 18.2 Å². The zero-order valence-electron chi connectivity index (χ0n) is 8.18. The zero-order chi connectivity index (χ0) is 11.1. The molecule has 1 atom stereocenters. The van der Waals surface area contributed by atoms with Crippen molar-refractivity contribution in [3.63, 3.8) is 0 Å². The van der Waals surface area contributed by atoms with Crippen molar-refractivity contribution in [2.75, 3.05) is 18.5 Å². The Balaban J connectivity index is 2.31. The molecule has 0 aliphatic heterocycles. The molecule has 0 fully saturated rings. The number of aliphatic hydroxyl groups is 2. The standard InChI is InChI=1S/C10H14N2O3/c13-7-9(14)6-11-10(15)12-8-4-2-1-3-5-8/h1-5,9,13-14H,6-7H2,(H2,11,12,15)/t9-/m0/s1. The largest absolute Gasteiger partial charge is 0.394 e. The normalized spacial score (nSPS) is 11.9. The Kier molecular flexibility index (Phi) is 4.59. The molecule has 1 rings (SSSR count). The SMILES string of the molecule is O=C(NC[C@H](O)CO)Nc1ccccc1. The van der Waals surface area contributed by atoms with Crippen LogP contribution in [0.2, 0.25) is 0 Å². The van der Waals surface area contributed by atoms with E-state index in [1.165, 1.54) is 0 Å². The monoisotopic (exact) mass is 210 g/mol. The van der Waals surface area contributed by atoms with Crippen LogP contribution in [-0.4, -0.2) is 35.5 Å². The van der Waals surface area contributed by atoms with Crippen LogP contribution in [0.3, 0.4) is 0 Å². The molecule has 0 heterocycles. The van der Waals surface area contributed by atoms with Crippen molar-refractivity contribution in [2.45, 2.75) is 6.10 Å². The molecule has 1 aromatic rings. The molecule has 0 aromatic heterocycles. The highest BCUT2D eigenvalue weighted by Gasteiger charge is 2.04. The van der Waals surface area contributed by atoms with E-state index in [0.717, 1.165) is 0 Å². The minimum Gasteiger partial charge on any atom is -0.394 e. The molecular weight excluding hydrogens is 196 g/mol. The van der Waals surface area contributed by atoms with Crippen molar-refractivity contribution in [3.05, 3.63) is 30.3 Å². The van der Waals surface area contributed by atoms with Gasteiger partial charge in [-0.3, -0.25) is 0 Å². The van der Waals surface area contributed by atoms with Gasteiger partial charge in [-0.25, -0.2) is 4.79 Å². The summed E-state index contributed by atoms with van der Waals surface area (Å²) in [5.41, 5.74) is 0.675. The van der Waals surface area contributed by atoms with Gasteiger partial charge in [0, 0.05) is 12.2 Å². The van der Waals surface area contributed by atoms with Crippen LogP contribution < -0.4 is 10.6 Å². The van der Waals surface area contributed by atoms with Gasteiger partial charge in [-0.05, 0) is 12.1 Å². The molecule has 4 N–H and O–H groups in total. The first kappa shape index (κ1) is 11.5. The molecule has 5 nitrogen and oxygen atoms in total. The van der Waals surface area contributed by atoms with Crippen LogP contribution in [0, 0.1) is 0 Å². The van der Waals surface area contributed by atoms with Gasteiger partial charge in [-0.2, -0.15) is 0 Å². The number of carbonyl (C=O) groups excluding carboxylic acids is 1. The zero-order valence-corrected chi connectivity index (χ0v) is 8.18. The number of amides is 2. The van der Waals surface area contributed by atoms with Crippen LogP contribution >= 0.6 is 0 Å². The van der Waals surface area contributed by atoms with Gasteiger partial charge in [0.05, 0.1) is 12.7 Å². The number of anilines is 1. The van der Waals surface area contributed by atoms with Crippen LogP contribution in [0.5, 0.6) is 0 Å². The fraction of sp³-hybridized carbons (Fsp3) is 0.300. The van der Waals surface area contributed by atoms with Gasteiger partial charge in [0.1, 0.15) is 0 Å². The Bertz CT molecular complexity index is 303. The van der Waals surface area contributed by atoms with E-state index in [4.69, 9.17) is 10.2 Å². The summed E-state index contributed by atoms with van der Waals surface area (Å²) in [6.45, 7) is -0.346. The molecule has 0 saturated carbocycles. The second kappa shape index (κ2) is 6.00. The highest BCUT2D eigenvalue weighted by molar-refractivity contribution is 5.89. The topological polar surface area (TPSA) is 81.6 Å². The number of para-hydroxylation sites is 1. The average molecular weight is 210 g/mol. The van der Waals surface area contributed by atoms with E-state index in [1.807, 2.05) is 6.07 Å². The summed E-state index contributed by atoms with van der Waals surface area (Å²) in [6.07, 6.45) is -0.925. The molecule has 15 heavy (non-hydrogen) atoms. The Morgan fingerprint density at radius 1 is 1.33 bits per heavy atom. The second-order valence-corrected chi connectivity index (χ2v) is 3.04. The highest BCUT2D eigenvalue weighted by Crippen LogP contribution is 2.03. The summed E-state index contributed by atoms with van der Waals surface area (Å²) >= 11 is 0. The van der Waals surface area contributed by atoms with Crippen LogP contribution in [-0.2, 0) is 0 Å². The fourth-order valence-electron chi connectivity index (χ4n) is 0.972. The van der Waals surface area contributed by atoms with Crippen LogP contribution in [0.1, 0.15) is 0 Å². The number of aliphatic hydroxyl groups excluding tert-OH is 2. The molecule has 0 aliphatic rings. The fourth-order valence-corrected chi connectivity index (χ4v) is 0.972. The smallest absolute Gasteiger partial charge is 0.319 e. The molecule has 0 radical (unpaired) electrons. The van der Waals surface area contributed by atoms with Gasteiger partial charge in [0.15, 0.2) is 0 Å². The quantitative estimate of drug-likeness (QED) is 0.571. The van der Waals surface area contributed by atoms with E-state index in [-0.39, 0.29) is 13.2 Å². The van der Waals surface area contributed by atoms with Crippen molar-refractivity contribution >= 4 is 11.7 Å². The predicted octanol–water partition coefficient (Wildman–Crippen LogP) is 0.161. The van der Waals surface area contributed by atoms with E-state index in [0.29, 0.717) is 5.69 Å². The summed E-state index contributed by atoms with van der Waals surface area (Å²) in [7, 11) is 0. The lowest BCUT2D eigenvalue weighted by atomic mass is 10.3. The van der Waals surface area contributed by atoms with Gasteiger partial charge in [0.2, 0.25) is 0 Å². The van der Waals surface area contributed by atoms with E-state index >= 15 is 0 Å². The van der Waals surface area contributed by atoms with E-state index < -0.39 is 12.1 Å². The molecule has 82 valence electrons. The van der Waals surface area contributed by atoms with E-state index in [1.54, 1.807) is 24.3 Å². The molecule has 0 saturated heterocycles. The van der Waals surface area contributed by atoms with Gasteiger partial charge >= 0.3 is 6.03 Å². The average Bonchev–Trinajstić information content (AvgIpc) is 2.27. The third-order valence-corrected chi connectivity index (χ3v) is 1.74. The Morgan fingerprint density at radius 3 is 2.60 bits per heavy atom. The van der Waals surface area contributed by atoms with Crippen LogP contribution in [0.4, 0.5) is 10.5 Å². The molecule has 0 aliphatic carbocycles. The molecule has 0 bridgehead atoms. The third kappa shape index (κ3) is 4.44. The number of benzene rings is 1. The Hall–Kier alpha value is -1.59. The van der Waals surface area contributed by atoms with Crippen molar-refractivity contribution in [2.24, 2.45) is 0 Å². The number of nitrogens with one attached hydrogen (secondary N) is 2. The summed E-state index contributed by atoms with van der Waals surface area (Å²) in [4.78, 5) is 11.2. The maximum absolute atomic E-state index is 11.2. The Morgan fingerprint density at radius 2 is 2.00 bits per heavy atom. The second-order valence-electron chi connectivity index (χ2n) is 3.04. The first-order valence-electron chi connectivity index (χ1n) is 4.61. The predicted molar refractivity (Wildman–Crippen MR) is 56.6 cm³/mol. The van der Waals surface area contributed by atoms with E-state index in [9.17, 15) is 4.79 Å². The summed E-state index contributed by atoms with van der Waals surface area (Å²) in [5, 5.41) is 22.5. The summed E-state index contributed by atoms with van der Waals surface area (Å²) < 4.78 is 0. The van der Waals surface area contributed by atoms with Gasteiger partial charge in [0.25, 0.3) is 0 Å². The maximum atomic E-state index is 11.2. The molecule has 0 unspecified atom stereocenters. The number of urea groups is 1. The lowest BCUT2D eigenvalue weighted by Crippen LogP contribution is -2.36. The van der Waals surface area contributed by atoms with Crippen molar-refractivity contribution in [1.29, 1.82) is 0 Å². The lowest BCUT2D eigenvalue weighted by molar-refractivity contribution is 0.0965. The number of carbonyl (C=O) groups is 1. The minimum atomic E-state index is -0.925. The van der Waals surface area contributed by atoms with E-state index in [2.05, 4.69) is 10.6 Å². The summed E-state index contributed by atoms with van der Waals surface area (Å²) in [6, 6.07) is 8.55. The molecule has 0 spiro atoms. The van der Waals surface area contributed by atoms with Crippen LogP contribution in [0.25, 0.3) is 0 Å². The molecule has 2 amide bonds. The van der Waals surface area contributed by atoms with Crippen LogP contribution in [0.15, 0.2) is 30.3 Å². The van der Waals surface area contributed by atoms with Crippen molar-refractivity contribution in [3.8, 4) is 0 Å². The summed E-state index contributed by atoms with van der Waals surface area (Å²) in [5.74, 6) is 0. The Labute approximate surface area is 87.7 Å². The number of hydrogen-bond donors (Lipinski definition) is 4. The lowest BCUT2D eigenvalue weighted by Gasteiger charge is -2.09. The maximum Gasteiger partial charge on any atom is 0.319 e. The van der Waals surface area contributed by atoms with Crippen molar-refractivity contribution < 1.29 is 15.0 Å². The highest BCUT2D eigenvalue weighted by atomic mass is 16.3. The third-order valence-electron chi connectivity index (χ3n) is 1.74. The minimum absolute atomic E-state index is 0.0230. The van der Waals surface area contributed by atoms with Gasteiger partial charge < -0.3 is 20.8 Å². The first-order valence-corrected chi connectivity index (χ1v) is 4.61. The van der Waals surface area contributed by atoms with Gasteiger partial charge in [-0.15, -0.1) is 0 Å². The molecule has 1 aromatic carbocycles. The first-order chi connectivity index (χ1) is 7.22. The molecule has 5 heteroatoms. The number of rotatable bonds is 4. The molecular formula is C10H14N2O3. The number of hydrogen-bond acceptors (Lipinski definition) is 3. The van der Waals surface area contributed by atoms with Crippen molar-refractivity contribution in [1.82, 2.24) is 5.32 Å².